The smallest absolute Gasteiger partial charge is 0.248 e. The van der Waals surface area contributed by atoms with E-state index in [0.29, 0.717) is 17.9 Å². The Balaban J connectivity index is 1.51. The Bertz CT molecular complexity index is 1220. The zero-order valence-corrected chi connectivity index (χ0v) is 19.0. The minimum Gasteiger partial charge on any atom is -0.391 e. The van der Waals surface area contributed by atoms with Gasteiger partial charge in [0.1, 0.15) is 0 Å². The van der Waals surface area contributed by atoms with Crippen molar-refractivity contribution in [2.45, 2.75) is 39.3 Å². The number of rotatable bonds is 7. The summed E-state index contributed by atoms with van der Waals surface area (Å²) in [7, 11) is 0. The maximum absolute atomic E-state index is 13.0. The number of carbonyl (C=O) groups excluding carboxylic acids is 1. The molecule has 0 spiro atoms. The van der Waals surface area contributed by atoms with Crippen LogP contribution in [0.3, 0.4) is 0 Å². The Morgan fingerprint density at radius 1 is 1.09 bits per heavy atom. The normalized spacial score (nSPS) is 14.8. The van der Waals surface area contributed by atoms with Crippen LogP contribution >= 0.6 is 0 Å². The number of aryl methyl sites for hydroxylation is 2. The van der Waals surface area contributed by atoms with Gasteiger partial charge in [0.05, 0.1) is 17.8 Å². The molecule has 0 saturated heterocycles. The van der Waals surface area contributed by atoms with Crippen LogP contribution in [0.2, 0.25) is 0 Å². The second kappa shape index (κ2) is 9.79. The molecular formula is C27H28N4O2. The van der Waals surface area contributed by atoms with E-state index in [9.17, 15) is 9.90 Å². The van der Waals surface area contributed by atoms with Gasteiger partial charge in [0, 0.05) is 17.5 Å². The van der Waals surface area contributed by atoms with Gasteiger partial charge in [0.15, 0.2) is 0 Å². The lowest BCUT2D eigenvalue weighted by atomic mass is 10.00. The highest BCUT2D eigenvalue weighted by Gasteiger charge is 2.24. The van der Waals surface area contributed by atoms with Crippen LogP contribution in [-0.4, -0.2) is 27.1 Å². The molecule has 168 valence electrons. The number of nitrogens with zero attached hydrogens (tertiary/aromatic N) is 2. The molecule has 0 aliphatic heterocycles. The summed E-state index contributed by atoms with van der Waals surface area (Å²) in [6.45, 7) is 5.63. The standard InChI is InChI=1S/C27H28N4O2/c1-17-8-7-9-20(14-17)25(19(3)32)30-26(33)22-13-12-21(15-22)24-18(2)16-28-27(31-24)29-23-10-5-4-6-11-23/h4-12,14-16,19,25,32H,13H2,1-3H3,(H,30,33)(H,28,29,31). The number of para-hydroxylation sites is 1. The van der Waals surface area contributed by atoms with Crippen molar-refractivity contribution in [2.75, 3.05) is 5.32 Å². The molecule has 2 atom stereocenters. The van der Waals surface area contributed by atoms with Crippen molar-refractivity contribution in [3.63, 3.8) is 0 Å². The fraction of sp³-hybridized carbons (Fsp3) is 0.222. The van der Waals surface area contributed by atoms with Gasteiger partial charge in [-0.15, -0.1) is 0 Å². The van der Waals surface area contributed by atoms with E-state index >= 15 is 0 Å². The number of nitrogens with one attached hydrogen (secondary N) is 2. The molecule has 33 heavy (non-hydrogen) atoms. The van der Waals surface area contributed by atoms with E-state index in [2.05, 4.69) is 20.6 Å². The van der Waals surface area contributed by atoms with Gasteiger partial charge in [0.2, 0.25) is 11.9 Å². The number of amides is 1. The molecule has 0 saturated carbocycles. The summed E-state index contributed by atoms with van der Waals surface area (Å²) in [5.74, 6) is 0.311. The number of benzene rings is 2. The lowest BCUT2D eigenvalue weighted by Crippen LogP contribution is -2.35. The highest BCUT2D eigenvalue weighted by molar-refractivity contribution is 5.99. The average Bonchev–Trinajstić information content (AvgIpc) is 3.29. The third-order valence-corrected chi connectivity index (χ3v) is 5.61. The Labute approximate surface area is 194 Å². The van der Waals surface area contributed by atoms with Crippen molar-refractivity contribution < 1.29 is 9.90 Å². The van der Waals surface area contributed by atoms with E-state index in [1.54, 1.807) is 13.1 Å². The molecule has 6 nitrogen and oxygen atoms in total. The number of hydrogen-bond acceptors (Lipinski definition) is 5. The first-order valence-corrected chi connectivity index (χ1v) is 11.0. The topological polar surface area (TPSA) is 87.1 Å². The molecule has 1 amide bonds. The van der Waals surface area contributed by atoms with Crippen molar-refractivity contribution >= 4 is 23.1 Å². The van der Waals surface area contributed by atoms with Crippen LogP contribution in [0, 0.1) is 13.8 Å². The van der Waals surface area contributed by atoms with Crippen molar-refractivity contribution in [3.8, 4) is 0 Å². The van der Waals surface area contributed by atoms with Crippen LogP contribution in [0.4, 0.5) is 11.6 Å². The largest absolute Gasteiger partial charge is 0.391 e. The minimum absolute atomic E-state index is 0.192. The van der Waals surface area contributed by atoms with E-state index in [1.807, 2.05) is 80.6 Å². The van der Waals surface area contributed by atoms with Crippen LogP contribution in [-0.2, 0) is 4.79 Å². The summed E-state index contributed by atoms with van der Waals surface area (Å²) in [5.41, 5.74) is 6.11. The van der Waals surface area contributed by atoms with Gasteiger partial charge in [-0.25, -0.2) is 9.97 Å². The van der Waals surface area contributed by atoms with Gasteiger partial charge in [-0.1, -0.05) is 54.1 Å². The molecule has 0 bridgehead atoms. The molecule has 4 rings (SSSR count). The van der Waals surface area contributed by atoms with Crippen LogP contribution < -0.4 is 10.6 Å². The Morgan fingerprint density at radius 3 is 2.61 bits per heavy atom. The molecule has 3 N–H and O–H groups in total. The molecule has 1 aliphatic carbocycles. The van der Waals surface area contributed by atoms with Gasteiger partial charge >= 0.3 is 0 Å². The van der Waals surface area contributed by atoms with Gasteiger partial charge in [-0.05, 0) is 62.1 Å². The SMILES string of the molecule is Cc1cccc(C(NC(=O)C2=CC(c3nc(Nc4ccccc4)ncc3C)=CC2)C(C)O)c1. The number of hydrogen-bond donors (Lipinski definition) is 3. The molecule has 6 heteroatoms. The van der Waals surface area contributed by atoms with E-state index in [-0.39, 0.29) is 5.91 Å². The Kier molecular flexibility index (Phi) is 6.66. The average molecular weight is 441 g/mol. The summed E-state index contributed by atoms with van der Waals surface area (Å²) in [4.78, 5) is 22.1. The second-order valence-electron chi connectivity index (χ2n) is 8.36. The molecule has 0 radical (unpaired) electrons. The monoisotopic (exact) mass is 440 g/mol. The number of aliphatic hydroxyl groups excluding tert-OH is 1. The Morgan fingerprint density at radius 2 is 1.88 bits per heavy atom. The lowest BCUT2D eigenvalue weighted by molar-refractivity contribution is -0.119. The van der Waals surface area contributed by atoms with Crippen molar-refractivity contribution in [3.05, 3.63) is 101 Å². The first kappa shape index (κ1) is 22.4. The summed E-state index contributed by atoms with van der Waals surface area (Å²) in [6, 6.07) is 17.1. The first-order valence-electron chi connectivity index (χ1n) is 11.0. The third-order valence-electron chi connectivity index (χ3n) is 5.61. The molecule has 1 aliphatic rings. The van der Waals surface area contributed by atoms with E-state index in [4.69, 9.17) is 0 Å². The number of aromatic nitrogens is 2. The third kappa shape index (κ3) is 5.35. The van der Waals surface area contributed by atoms with Crippen LogP contribution in [0.25, 0.3) is 5.57 Å². The maximum atomic E-state index is 13.0. The Hall–Kier alpha value is -3.77. The van der Waals surface area contributed by atoms with Crippen LogP contribution in [0.15, 0.2) is 78.5 Å². The quantitative estimate of drug-likeness (QED) is 0.492. The fourth-order valence-electron chi connectivity index (χ4n) is 3.87. The number of anilines is 2. The van der Waals surface area contributed by atoms with E-state index in [0.717, 1.165) is 33.6 Å². The minimum atomic E-state index is -0.721. The van der Waals surface area contributed by atoms with Gasteiger partial charge in [-0.2, -0.15) is 0 Å². The zero-order chi connectivity index (χ0) is 23.4. The highest BCUT2D eigenvalue weighted by Crippen LogP contribution is 2.29. The zero-order valence-electron chi connectivity index (χ0n) is 19.0. The van der Waals surface area contributed by atoms with Gasteiger partial charge in [-0.3, -0.25) is 4.79 Å². The number of aliphatic hydroxyl groups is 1. The highest BCUT2D eigenvalue weighted by atomic mass is 16.3. The number of allylic oxidation sites excluding steroid dienone is 3. The summed E-state index contributed by atoms with van der Waals surface area (Å²) in [5, 5.41) is 16.5. The number of carbonyl (C=O) groups is 1. The molecule has 2 aromatic carbocycles. The summed E-state index contributed by atoms with van der Waals surface area (Å²) >= 11 is 0. The van der Waals surface area contributed by atoms with Gasteiger partial charge in [0.25, 0.3) is 0 Å². The summed E-state index contributed by atoms with van der Waals surface area (Å²) < 4.78 is 0. The van der Waals surface area contributed by atoms with E-state index in [1.165, 1.54) is 0 Å². The molecule has 0 fully saturated rings. The maximum Gasteiger partial charge on any atom is 0.248 e. The molecule has 2 unspecified atom stereocenters. The predicted octanol–water partition coefficient (Wildman–Crippen LogP) is 4.79. The van der Waals surface area contributed by atoms with Crippen molar-refractivity contribution in [1.29, 1.82) is 0 Å². The fourth-order valence-corrected chi connectivity index (χ4v) is 3.87. The summed E-state index contributed by atoms with van der Waals surface area (Å²) in [6.07, 6.45) is 5.43. The van der Waals surface area contributed by atoms with Crippen LogP contribution in [0.1, 0.15) is 41.8 Å². The van der Waals surface area contributed by atoms with E-state index < -0.39 is 12.1 Å². The molecule has 1 aromatic heterocycles. The molecule has 1 heterocycles. The van der Waals surface area contributed by atoms with Crippen molar-refractivity contribution in [2.24, 2.45) is 0 Å². The van der Waals surface area contributed by atoms with Gasteiger partial charge < -0.3 is 15.7 Å². The molecular weight excluding hydrogens is 412 g/mol. The predicted molar refractivity (Wildman–Crippen MR) is 131 cm³/mol. The van der Waals surface area contributed by atoms with Crippen molar-refractivity contribution in [1.82, 2.24) is 15.3 Å². The first-order chi connectivity index (χ1) is 15.9. The molecule has 3 aromatic rings. The lowest BCUT2D eigenvalue weighted by Gasteiger charge is -2.22. The van der Waals surface area contributed by atoms with Crippen LogP contribution in [0.5, 0.6) is 0 Å². The second-order valence-corrected chi connectivity index (χ2v) is 8.36.